The SMILES string of the molecule is C/C=C1/C[N@@+]2(CC(=O)c3ccc4c(c3)OCCCO4)CC[C@]34C(=C(C=O)[C@H]1C[C@@H]32)Nc1c(O)cccc14. The minimum Gasteiger partial charge on any atom is -0.506 e. The van der Waals surface area contributed by atoms with Gasteiger partial charge in [0.1, 0.15) is 31.2 Å². The Balaban J connectivity index is 1.33. The van der Waals surface area contributed by atoms with Gasteiger partial charge >= 0.3 is 0 Å². The van der Waals surface area contributed by atoms with E-state index in [-0.39, 0.29) is 23.5 Å². The molecular formula is C30H31N2O5+. The number of fused-ring (bicyclic) bond motifs is 3. The molecule has 0 unspecified atom stereocenters. The molecule has 2 aromatic rings. The van der Waals surface area contributed by atoms with Gasteiger partial charge in [0.2, 0.25) is 5.78 Å². The van der Waals surface area contributed by atoms with Crippen LogP contribution in [0.4, 0.5) is 5.69 Å². The minimum absolute atomic E-state index is 0.0390. The Bertz CT molecular complexity index is 1410. The Morgan fingerprint density at radius 2 is 2.05 bits per heavy atom. The van der Waals surface area contributed by atoms with Gasteiger partial charge in [-0.05, 0) is 42.3 Å². The third-order valence-corrected chi connectivity index (χ3v) is 9.49. The van der Waals surface area contributed by atoms with Crippen LogP contribution in [0.5, 0.6) is 17.2 Å². The summed E-state index contributed by atoms with van der Waals surface area (Å²) in [4.78, 5) is 26.4. The quantitative estimate of drug-likeness (QED) is 0.216. The second kappa shape index (κ2) is 7.96. The van der Waals surface area contributed by atoms with Crippen molar-refractivity contribution in [3.63, 3.8) is 0 Å². The molecule has 2 aromatic carbocycles. The predicted molar refractivity (Wildman–Crippen MR) is 138 cm³/mol. The highest BCUT2D eigenvalue weighted by molar-refractivity contribution is 5.98. The van der Waals surface area contributed by atoms with Gasteiger partial charge in [-0.1, -0.05) is 18.2 Å². The number of aromatic hydroxyl groups is 1. The Morgan fingerprint density at radius 3 is 2.86 bits per heavy atom. The molecule has 7 rings (SSSR count). The van der Waals surface area contributed by atoms with Crippen LogP contribution in [0.3, 0.4) is 0 Å². The van der Waals surface area contributed by atoms with E-state index in [9.17, 15) is 14.7 Å². The van der Waals surface area contributed by atoms with E-state index >= 15 is 0 Å². The van der Waals surface area contributed by atoms with Crippen LogP contribution in [0.2, 0.25) is 0 Å². The predicted octanol–water partition coefficient (Wildman–Crippen LogP) is 4.12. The molecule has 2 fully saturated rings. The molecule has 1 spiro atoms. The normalized spacial score (nSPS) is 31.9. The van der Waals surface area contributed by atoms with Crippen molar-refractivity contribution in [2.45, 2.75) is 37.6 Å². The van der Waals surface area contributed by atoms with E-state index in [0.717, 1.165) is 55.5 Å². The number of aldehydes is 1. The number of allylic oxidation sites excluding steroid dienone is 2. The first-order valence-electron chi connectivity index (χ1n) is 13.2. The highest BCUT2D eigenvalue weighted by Gasteiger charge is 2.69. The summed E-state index contributed by atoms with van der Waals surface area (Å²) in [6.45, 7) is 5.19. The van der Waals surface area contributed by atoms with Gasteiger partial charge in [0.15, 0.2) is 11.5 Å². The first kappa shape index (κ1) is 22.6. The number of hydrogen-bond donors (Lipinski definition) is 2. The van der Waals surface area contributed by atoms with Crippen LogP contribution < -0.4 is 14.8 Å². The van der Waals surface area contributed by atoms with Crippen LogP contribution in [0.15, 0.2) is 59.3 Å². The smallest absolute Gasteiger partial charge is 0.217 e. The number of hydrogen-bond acceptors (Lipinski definition) is 6. The van der Waals surface area contributed by atoms with Crippen molar-refractivity contribution < 1.29 is 28.7 Å². The van der Waals surface area contributed by atoms with Gasteiger partial charge < -0.3 is 24.4 Å². The highest BCUT2D eigenvalue weighted by Crippen LogP contribution is 2.64. The Kier molecular flexibility index (Phi) is 4.86. The summed E-state index contributed by atoms with van der Waals surface area (Å²) in [6.07, 6.45) is 5.61. The fraction of sp³-hybridized carbons (Fsp3) is 0.400. The number of nitrogens with zero attached hydrogens (tertiary/aromatic N) is 1. The van der Waals surface area contributed by atoms with E-state index in [0.29, 0.717) is 47.0 Å². The molecule has 1 aliphatic carbocycles. The molecule has 4 aliphatic heterocycles. The number of rotatable bonds is 4. The lowest BCUT2D eigenvalue weighted by Crippen LogP contribution is -2.64. The molecule has 7 heteroatoms. The maximum Gasteiger partial charge on any atom is 0.217 e. The fourth-order valence-electron chi connectivity index (χ4n) is 7.90. The molecule has 37 heavy (non-hydrogen) atoms. The second-order valence-corrected chi connectivity index (χ2v) is 11.1. The van der Waals surface area contributed by atoms with Gasteiger partial charge in [0, 0.05) is 42.0 Å². The number of para-hydroxylation sites is 1. The summed E-state index contributed by atoms with van der Waals surface area (Å²) < 4.78 is 12.3. The van der Waals surface area contributed by atoms with E-state index in [1.165, 1.54) is 5.57 Å². The van der Waals surface area contributed by atoms with Crippen LogP contribution in [-0.4, -0.2) is 60.5 Å². The molecule has 190 valence electrons. The number of phenols is 1. The second-order valence-electron chi connectivity index (χ2n) is 11.1. The van der Waals surface area contributed by atoms with Gasteiger partial charge in [-0.2, -0.15) is 0 Å². The topological polar surface area (TPSA) is 84.9 Å². The van der Waals surface area contributed by atoms with Gasteiger partial charge in [0.05, 0.1) is 30.9 Å². The third-order valence-electron chi connectivity index (χ3n) is 9.49. The Labute approximate surface area is 216 Å². The van der Waals surface area contributed by atoms with Crippen LogP contribution in [0, 0.1) is 5.92 Å². The summed E-state index contributed by atoms with van der Waals surface area (Å²) in [5, 5.41) is 14.2. The molecule has 0 aromatic heterocycles. The largest absolute Gasteiger partial charge is 0.506 e. The van der Waals surface area contributed by atoms with Crippen molar-refractivity contribution in [1.82, 2.24) is 0 Å². The maximum absolute atomic E-state index is 13.9. The molecular weight excluding hydrogens is 468 g/mol. The van der Waals surface area contributed by atoms with E-state index in [2.05, 4.69) is 17.5 Å². The van der Waals surface area contributed by atoms with Gasteiger partial charge in [-0.25, -0.2) is 0 Å². The Morgan fingerprint density at radius 1 is 1.22 bits per heavy atom. The summed E-state index contributed by atoms with van der Waals surface area (Å²) in [6, 6.07) is 11.3. The van der Waals surface area contributed by atoms with Crippen LogP contribution in [0.1, 0.15) is 42.1 Å². The maximum atomic E-state index is 13.9. The van der Waals surface area contributed by atoms with E-state index in [4.69, 9.17) is 9.47 Å². The van der Waals surface area contributed by atoms with E-state index in [1.54, 1.807) is 6.07 Å². The lowest BCUT2D eigenvalue weighted by molar-refractivity contribution is -0.934. The monoisotopic (exact) mass is 499 g/mol. The summed E-state index contributed by atoms with van der Waals surface area (Å²) in [7, 11) is 0. The molecule has 2 bridgehead atoms. The molecule has 0 saturated carbocycles. The van der Waals surface area contributed by atoms with Gasteiger partial charge in [-0.3, -0.25) is 9.59 Å². The summed E-state index contributed by atoms with van der Waals surface area (Å²) in [5.41, 5.74) is 4.96. The summed E-state index contributed by atoms with van der Waals surface area (Å²) in [5.74, 6) is 1.66. The number of carbonyl (C=O) groups is 2. The van der Waals surface area contributed by atoms with Gasteiger partial charge in [-0.15, -0.1) is 0 Å². The molecule has 0 radical (unpaired) electrons. The van der Waals surface area contributed by atoms with E-state index < -0.39 is 5.41 Å². The molecule has 5 aliphatic rings. The average molecular weight is 500 g/mol. The van der Waals surface area contributed by atoms with Crippen LogP contribution in [0.25, 0.3) is 0 Å². The number of piperidine rings is 1. The molecule has 4 atom stereocenters. The minimum atomic E-state index is -0.398. The van der Waals surface area contributed by atoms with E-state index in [1.807, 2.05) is 31.2 Å². The lowest BCUT2D eigenvalue weighted by Gasteiger charge is -2.53. The van der Waals surface area contributed by atoms with Gasteiger partial charge in [0.25, 0.3) is 0 Å². The molecule has 2 saturated heterocycles. The standard InChI is InChI=1S/C30H30N2O5/c1-2-18-15-32(16-24(35)19-7-8-25-26(13-19)37-12-4-11-36-25)10-9-30-22-5-3-6-23(34)28(22)31-29(30)21(17-33)20(18)14-27(30)32/h2-3,5-8,13,17,20,27H,4,9-12,14-16H2,1H3,(H-,31,33,34)/p+1/b18-2-/t20-,27-,30+,32+/m0/s1. The average Bonchev–Trinajstić information content (AvgIpc) is 3.32. The van der Waals surface area contributed by atoms with Crippen LogP contribution in [-0.2, 0) is 10.2 Å². The highest BCUT2D eigenvalue weighted by atomic mass is 16.5. The molecule has 2 N–H and O–H groups in total. The number of carbonyl (C=O) groups excluding carboxylic acids is 2. The third kappa shape index (κ3) is 2.98. The van der Waals surface area contributed by atoms with Crippen molar-refractivity contribution in [3.8, 4) is 17.2 Å². The molecule has 4 heterocycles. The zero-order valence-corrected chi connectivity index (χ0v) is 21.0. The van der Waals surface area contributed by atoms with Crippen molar-refractivity contribution >= 4 is 17.8 Å². The number of ketones is 1. The number of benzene rings is 2. The van der Waals surface area contributed by atoms with Crippen molar-refractivity contribution in [2.24, 2.45) is 5.92 Å². The zero-order chi connectivity index (χ0) is 25.4. The molecule has 7 nitrogen and oxygen atoms in total. The molecule has 0 amide bonds. The first-order valence-corrected chi connectivity index (χ1v) is 13.2. The number of anilines is 1. The Hall–Kier alpha value is -3.58. The first-order chi connectivity index (χ1) is 18.0. The number of phenolic OH excluding ortho intramolecular Hbond substituents is 1. The summed E-state index contributed by atoms with van der Waals surface area (Å²) >= 11 is 0. The lowest BCUT2D eigenvalue weighted by atomic mass is 9.61. The fourth-order valence-corrected chi connectivity index (χ4v) is 7.90. The van der Waals surface area contributed by atoms with Crippen molar-refractivity contribution in [2.75, 3.05) is 38.2 Å². The van der Waals surface area contributed by atoms with Crippen molar-refractivity contribution in [1.29, 1.82) is 0 Å². The number of quaternary nitrogens is 1. The zero-order valence-electron chi connectivity index (χ0n) is 21.0. The number of nitrogens with one attached hydrogen (secondary N) is 1. The number of Topliss-reactive ketones (excluding diaryl/α,β-unsaturated/α-hetero) is 1. The van der Waals surface area contributed by atoms with Crippen LogP contribution >= 0.6 is 0 Å². The number of ether oxygens (including phenoxy) is 2. The van der Waals surface area contributed by atoms with Crippen molar-refractivity contribution in [3.05, 3.63) is 70.4 Å².